The van der Waals surface area contributed by atoms with Crippen molar-refractivity contribution in [3.63, 3.8) is 0 Å². The van der Waals surface area contributed by atoms with Crippen molar-refractivity contribution in [2.75, 3.05) is 6.61 Å². The maximum atomic E-state index is 12.9. The Morgan fingerprint density at radius 2 is 1.75 bits per heavy atom. The molecule has 3 rings (SSSR count). The fourth-order valence-electron chi connectivity index (χ4n) is 2.56. The van der Waals surface area contributed by atoms with E-state index in [2.05, 4.69) is 0 Å². The summed E-state index contributed by atoms with van der Waals surface area (Å²) >= 11 is 0. The molecule has 1 heterocycles. The van der Waals surface area contributed by atoms with Gasteiger partial charge in [-0.1, -0.05) is 29.8 Å². The number of benzene rings is 2. The normalized spacial score (nSPS) is 10.6. The number of hydrogen-bond acceptors (Lipinski definition) is 4. The van der Waals surface area contributed by atoms with E-state index in [1.165, 1.54) is 0 Å². The van der Waals surface area contributed by atoms with Gasteiger partial charge in [0.25, 0.3) is 0 Å². The van der Waals surface area contributed by atoms with Crippen LogP contribution in [0.1, 0.15) is 16.7 Å². The number of rotatable bonds is 3. The second-order valence-electron chi connectivity index (χ2n) is 5.83. The Morgan fingerprint density at radius 3 is 2.42 bits per heavy atom. The summed E-state index contributed by atoms with van der Waals surface area (Å²) in [5.74, 6) is 0.433. The van der Waals surface area contributed by atoms with Gasteiger partial charge in [0.2, 0.25) is 11.2 Å². The highest BCUT2D eigenvalue weighted by Gasteiger charge is 2.18. The predicted molar refractivity (Wildman–Crippen MR) is 93.2 cm³/mol. The number of hydrogen-bond donors (Lipinski definition) is 0. The third kappa shape index (κ3) is 2.77. The number of aryl methyl sites for hydroxylation is 3. The minimum atomic E-state index is -0.259. The van der Waals surface area contributed by atoms with E-state index in [0.717, 1.165) is 22.3 Å². The van der Waals surface area contributed by atoms with Crippen LogP contribution < -0.4 is 10.2 Å². The van der Waals surface area contributed by atoms with Crippen LogP contribution in [0, 0.1) is 32.1 Å². The molecule has 4 nitrogen and oxygen atoms in total. The fraction of sp³-hybridized carbons (Fsp3) is 0.200. The van der Waals surface area contributed by atoms with E-state index in [1.807, 2.05) is 57.2 Å². The fourth-order valence-corrected chi connectivity index (χ4v) is 2.56. The number of nitriles is 1. The Hall–Kier alpha value is -3.06. The summed E-state index contributed by atoms with van der Waals surface area (Å²) in [6.07, 6.45) is 0. The number of fused-ring (bicyclic) bond motifs is 1. The second-order valence-corrected chi connectivity index (χ2v) is 5.83. The molecule has 0 aliphatic rings. The molecular formula is C20H17NO3. The van der Waals surface area contributed by atoms with Crippen molar-refractivity contribution < 1.29 is 9.15 Å². The lowest BCUT2D eigenvalue weighted by Crippen LogP contribution is -2.10. The molecule has 0 spiro atoms. The van der Waals surface area contributed by atoms with Crippen LogP contribution in [0.5, 0.6) is 5.75 Å². The monoisotopic (exact) mass is 319 g/mol. The Kier molecular flexibility index (Phi) is 4.09. The van der Waals surface area contributed by atoms with Gasteiger partial charge in [0, 0.05) is 5.56 Å². The molecule has 4 heteroatoms. The van der Waals surface area contributed by atoms with Gasteiger partial charge in [0.15, 0.2) is 12.4 Å². The van der Waals surface area contributed by atoms with Gasteiger partial charge in [-0.15, -0.1) is 0 Å². The van der Waals surface area contributed by atoms with Gasteiger partial charge in [0.05, 0.1) is 5.39 Å². The maximum Gasteiger partial charge on any atom is 0.235 e. The highest BCUT2D eigenvalue weighted by atomic mass is 16.5. The van der Waals surface area contributed by atoms with E-state index < -0.39 is 0 Å². The van der Waals surface area contributed by atoms with E-state index in [0.29, 0.717) is 16.7 Å². The van der Waals surface area contributed by atoms with Crippen LogP contribution in [0.3, 0.4) is 0 Å². The van der Waals surface area contributed by atoms with Crippen molar-refractivity contribution in [3.8, 4) is 23.1 Å². The van der Waals surface area contributed by atoms with Crippen molar-refractivity contribution in [1.29, 1.82) is 5.26 Å². The van der Waals surface area contributed by atoms with Gasteiger partial charge >= 0.3 is 0 Å². The van der Waals surface area contributed by atoms with Gasteiger partial charge in [-0.05, 0) is 44.0 Å². The van der Waals surface area contributed by atoms with Crippen molar-refractivity contribution in [3.05, 3.63) is 63.3 Å². The van der Waals surface area contributed by atoms with E-state index in [4.69, 9.17) is 14.4 Å². The lowest BCUT2D eigenvalue weighted by molar-refractivity contribution is 0.356. The molecule has 0 aliphatic carbocycles. The Balaban J connectivity index is 2.33. The minimum Gasteiger partial charge on any atom is -0.471 e. The zero-order valence-electron chi connectivity index (χ0n) is 13.8. The topological polar surface area (TPSA) is 63.2 Å². The predicted octanol–water partition coefficient (Wildman–Crippen LogP) is 4.29. The Morgan fingerprint density at radius 1 is 1.08 bits per heavy atom. The van der Waals surface area contributed by atoms with Crippen LogP contribution in [0.15, 0.2) is 45.6 Å². The van der Waals surface area contributed by atoms with Gasteiger partial charge in [0.1, 0.15) is 11.7 Å². The average molecular weight is 319 g/mol. The number of nitrogens with zero attached hydrogens (tertiary/aromatic N) is 1. The van der Waals surface area contributed by atoms with Crippen LogP contribution >= 0.6 is 0 Å². The van der Waals surface area contributed by atoms with Crippen molar-refractivity contribution >= 4 is 11.0 Å². The summed E-state index contributed by atoms with van der Waals surface area (Å²) in [7, 11) is 0. The van der Waals surface area contributed by atoms with Crippen LogP contribution in [-0.2, 0) is 0 Å². The van der Waals surface area contributed by atoms with Crippen molar-refractivity contribution in [2.24, 2.45) is 0 Å². The third-order valence-corrected chi connectivity index (χ3v) is 4.06. The third-order valence-electron chi connectivity index (χ3n) is 4.06. The molecule has 2 aromatic carbocycles. The number of ether oxygens (including phenoxy) is 1. The van der Waals surface area contributed by atoms with E-state index in [-0.39, 0.29) is 17.8 Å². The van der Waals surface area contributed by atoms with E-state index in [1.54, 1.807) is 6.07 Å². The van der Waals surface area contributed by atoms with Crippen LogP contribution in [0.4, 0.5) is 0 Å². The second kappa shape index (κ2) is 6.21. The molecule has 24 heavy (non-hydrogen) atoms. The molecule has 3 aromatic rings. The average Bonchev–Trinajstić information content (AvgIpc) is 2.56. The first-order valence-corrected chi connectivity index (χ1v) is 7.66. The molecular weight excluding hydrogens is 302 g/mol. The molecule has 0 N–H and O–H groups in total. The van der Waals surface area contributed by atoms with Crippen molar-refractivity contribution in [1.82, 2.24) is 0 Å². The lowest BCUT2D eigenvalue weighted by Gasteiger charge is -2.11. The molecule has 0 amide bonds. The summed E-state index contributed by atoms with van der Waals surface area (Å²) < 4.78 is 11.4. The van der Waals surface area contributed by atoms with Gasteiger partial charge in [-0.2, -0.15) is 5.26 Å². The van der Waals surface area contributed by atoms with Crippen LogP contribution in [-0.4, -0.2) is 6.61 Å². The van der Waals surface area contributed by atoms with Crippen LogP contribution in [0.25, 0.3) is 22.3 Å². The standard InChI is InChI=1S/C20H17NO3/c1-12-4-6-15(7-5-12)19-20(23-9-8-21)18(22)16-10-13(2)14(3)11-17(16)24-19/h4-7,10-11H,9H2,1-3H3. The lowest BCUT2D eigenvalue weighted by atomic mass is 10.0. The summed E-state index contributed by atoms with van der Waals surface area (Å²) in [5, 5.41) is 9.26. The molecule has 0 aliphatic heterocycles. The summed E-state index contributed by atoms with van der Waals surface area (Å²) in [6.45, 7) is 5.69. The summed E-state index contributed by atoms with van der Waals surface area (Å²) in [6, 6.07) is 13.2. The zero-order valence-corrected chi connectivity index (χ0v) is 13.8. The minimum absolute atomic E-state index is 0.0798. The highest BCUT2D eigenvalue weighted by molar-refractivity contribution is 5.83. The molecule has 0 fully saturated rings. The molecule has 0 unspecified atom stereocenters. The summed E-state index contributed by atoms with van der Waals surface area (Å²) in [4.78, 5) is 12.9. The molecule has 0 bridgehead atoms. The summed E-state index contributed by atoms with van der Waals surface area (Å²) in [5.41, 5.74) is 4.15. The first-order chi connectivity index (χ1) is 11.5. The SMILES string of the molecule is Cc1ccc(-c2oc3cc(C)c(C)cc3c(=O)c2OCC#N)cc1. The Labute approximate surface area is 139 Å². The molecule has 0 saturated heterocycles. The molecule has 0 atom stereocenters. The highest BCUT2D eigenvalue weighted by Crippen LogP contribution is 2.32. The molecule has 0 saturated carbocycles. The molecule has 0 radical (unpaired) electrons. The van der Waals surface area contributed by atoms with Gasteiger partial charge in [-0.25, -0.2) is 0 Å². The van der Waals surface area contributed by atoms with E-state index in [9.17, 15) is 4.79 Å². The first-order valence-electron chi connectivity index (χ1n) is 7.66. The quantitative estimate of drug-likeness (QED) is 0.722. The van der Waals surface area contributed by atoms with E-state index >= 15 is 0 Å². The first kappa shape index (κ1) is 15.8. The molecule has 120 valence electrons. The smallest absolute Gasteiger partial charge is 0.235 e. The molecule has 1 aromatic heterocycles. The van der Waals surface area contributed by atoms with Gasteiger partial charge < -0.3 is 9.15 Å². The zero-order chi connectivity index (χ0) is 17.3. The van der Waals surface area contributed by atoms with Crippen LogP contribution in [0.2, 0.25) is 0 Å². The largest absolute Gasteiger partial charge is 0.471 e. The van der Waals surface area contributed by atoms with Gasteiger partial charge in [-0.3, -0.25) is 4.79 Å². The Bertz CT molecular complexity index is 1010. The van der Waals surface area contributed by atoms with Crippen molar-refractivity contribution in [2.45, 2.75) is 20.8 Å². The maximum absolute atomic E-state index is 12.9.